The average molecular weight is 344 g/mol. The summed E-state index contributed by atoms with van der Waals surface area (Å²) in [5.74, 6) is 0.167. The van der Waals surface area contributed by atoms with Crippen molar-refractivity contribution in [1.82, 2.24) is 0 Å². The maximum Gasteiger partial charge on any atom is 0.176 e. The lowest BCUT2D eigenvalue weighted by Gasteiger charge is -2.34. The minimum atomic E-state index is -1.48. The molecule has 0 radical (unpaired) electrons. The third kappa shape index (κ3) is 2.28. The first-order valence-electron chi connectivity index (χ1n) is 7.90. The van der Waals surface area contributed by atoms with Gasteiger partial charge in [-0.25, -0.2) is 4.99 Å². The zero-order valence-electron chi connectivity index (χ0n) is 13.1. The summed E-state index contributed by atoms with van der Waals surface area (Å²) >= 11 is 6.14. The summed E-state index contributed by atoms with van der Waals surface area (Å²) in [5.41, 5.74) is 7.60. The van der Waals surface area contributed by atoms with Crippen molar-refractivity contribution in [2.24, 2.45) is 10.7 Å². The second kappa shape index (κ2) is 5.77. The number of aliphatic imine (C=N–C) groups is 1. The van der Waals surface area contributed by atoms with Crippen molar-refractivity contribution < 1.29 is 9.84 Å². The fourth-order valence-corrected chi connectivity index (χ4v) is 3.56. The second-order valence-corrected chi connectivity index (χ2v) is 6.42. The molecule has 124 valence electrons. The van der Waals surface area contributed by atoms with E-state index in [1.165, 1.54) is 0 Å². The topological polar surface area (TPSA) is 71.1 Å². The Morgan fingerprint density at radius 3 is 2.67 bits per heavy atom. The summed E-state index contributed by atoms with van der Waals surface area (Å²) in [6, 6.07) is 13.0. The van der Waals surface area contributed by atoms with Crippen LogP contribution in [0.5, 0.6) is 0 Å². The van der Waals surface area contributed by atoms with Gasteiger partial charge in [0.05, 0.1) is 18.9 Å². The third-order valence-electron chi connectivity index (χ3n) is 4.61. The van der Waals surface area contributed by atoms with E-state index in [0.29, 0.717) is 35.1 Å². The van der Waals surface area contributed by atoms with Crippen molar-refractivity contribution in [2.45, 2.75) is 5.60 Å². The lowest BCUT2D eigenvalue weighted by Crippen LogP contribution is -2.43. The van der Waals surface area contributed by atoms with Crippen LogP contribution in [0.4, 0.5) is 11.4 Å². The quantitative estimate of drug-likeness (QED) is 0.878. The Morgan fingerprint density at radius 1 is 1.12 bits per heavy atom. The molecular formula is C18H18ClN3O2. The number of anilines is 1. The number of amidine groups is 1. The summed E-state index contributed by atoms with van der Waals surface area (Å²) in [7, 11) is 0. The molecule has 0 bridgehead atoms. The van der Waals surface area contributed by atoms with E-state index in [1.54, 1.807) is 18.2 Å². The molecule has 1 unspecified atom stereocenters. The monoisotopic (exact) mass is 343 g/mol. The summed E-state index contributed by atoms with van der Waals surface area (Å²) in [5, 5.41) is 12.1. The first kappa shape index (κ1) is 15.4. The molecule has 3 N–H and O–H groups in total. The van der Waals surface area contributed by atoms with Gasteiger partial charge in [0.15, 0.2) is 5.60 Å². The van der Waals surface area contributed by atoms with Gasteiger partial charge in [0.1, 0.15) is 5.84 Å². The van der Waals surface area contributed by atoms with Gasteiger partial charge in [-0.15, -0.1) is 0 Å². The number of hydrogen-bond donors (Lipinski definition) is 2. The van der Waals surface area contributed by atoms with Gasteiger partial charge in [0.2, 0.25) is 0 Å². The van der Waals surface area contributed by atoms with Crippen LogP contribution < -0.4 is 10.6 Å². The highest BCUT2D eigenvalue weighted by molar-refractivity contribution is 6.30. The molecule has 0 spiro atoms. The summed E-state index contributed by atoms with van der Waals surface area (Å²) in [6.45, 7) is 2.87. The van der Waals surface area contributed by atoms with Crippen LogP contribution in [0.1, 0.15) is 11.1 Å². The lowest BCUT2D eigenvalue weighted by atomic mass is 9.85. The van der Waals surface area contributed by atoms with E-state index in [2.05, 4.69) is 9.89 Å². The van der Waals surface area contributed by atoms with Gasteiger partial charge < -0.3 is 20.5 Å². The van der Waals surface area contributed by atoms with E-state index in [4.69, 9.17) is 22.1 Å². The molecule has 1 saturated heterocycles. The largest absolute Gasteiger partial charge is 0.384 e. The number of nitrogens with two attached hydrogens (primary N) is 1. The fraction of sp³-hybridized carbons (Fsp3) is 0.278. The SMILES string of the molecule is NC1=Nc2ccc(Cl)cc2C1(O)c1ccccc1N1CCOCC1. The van der Waals surface area contributed by atoms with Gasteiger partial charge in [-0.3, -0.25) is 0 Å². The summed E-state index contributed by atoms with van der Waals surface area (Å²) in [4.78, 5) is 6.55. The predicted molar refractivity (Wildman–Crippen MR) is 95.2 cm³/mol. The zero-order chi connectivity index (χ0) is 16.7. The van der Waals surface area contributed by atoms with E-state index in [0.717, 1.165) is 18.8 Å². The van der Waals surface area contributed by atoms with Crippen LogP contribution in [-0.4, -0.2) is 37.2 Å². The molecule has 2 aromatic carbocycles. The van der Waals surface area contributed by atoms with Crippen LogP contribution in [0, 0.1) is 0 Å². The molecule has 2 aliphatic heterocycles. The minimum Gasteiger partial charge on any atom is -0.384 e. The molecule has 4 rings (SSSR count). The van der Waals surface area contributed by atoms with E-state index >= 15 is 0 Å². The van der Waals surface area contributed by atoms with Gasteiger partial charge in [-0.2, -0.15) is 0 Å². The summed E-state index contributed by atoms with van der Waals surface area (Å²) in [6.07, 6.45) is 0. The van der Waals surface area contributed by atoms with Crippen molar-refractivity contribution in [3.05, 3.63) is 58.6 Å². The molecule has 2 aliphatic rings. The van der Waals surface area contributed by atoms with Gasteiger partial charge in [-0.05, 0) is 24.3 Å². The van der Waals surface area contributed by atoms with Crippen LogP contribution in [0.25, 0.3) is 0 Å². The standard InChI is InChI=1S/C18H18ClN3O2/c19-12-5-6-15-14(11-12)18(23,17(20)21-15)13-3-1-2-4-16(13)22-7-9-24-10-8-22/h1-6,11,23H,7-10H2,(H2,20,21). The first-order valence-corrected chi connectivity index (χ1v) is 8.28. The number of halogens is 1. The normalized spacial score (nSPS) is 23.1. The van der Waals surface area contributed by atoms with Crippen LogP contribution in [0.2, 0.25) is 5.02 Å². The van der Waals surface area contributed by atoms with Gasteiger partial charge in [-0.1, -0.05) is 29.8 Å². The lowest BCUT2D eigenvalue weighted by molar-refractivity contribution is 0.121. The number of para-hydroxylation sites is 1. The van der Waals surface area contributed by atoms with Gasteiger partial charge in [0, 0.05) is 34.9 Å². The Balaban J connectivity index is 1.88. The number of hydrogen-bond acceptors (Lipinski definition) is 5. The Labute approximate surface area is 145 Å². The van der Waals surface area contributed by atoms with Crippen LogP contribution in [-0.2, 0) is 10.3 Å². The second-order valence-electron chi connectivity index (χ2n) is 5.99. The molecule has 0 saturated carbocycles. The van der Waals surface area contributed by atoms with E-state index in [-0.39, 0.29) is 5.84 Å². The van der Waals surface area contributed by atoms with Crippen molar-refractivity contribution in [2.75, 3.05) is 31.2 Å². The molecule has 0 amide bonds. The molecule has 2 aromatic rings. The molecular weight excluding hydrogens is 326 g/mol. The van der Waals surface area contributed by atoms with Gasteiger partial charge >= 0.3 is 0 Å². The number of ether oxygens (including phenoxy) is 1. The van der Waals surface area contributed by atoms with Crippen molar-refractivity contribution in [1.29, 1.82) is 0 Å². The smallest absolute Gasteiger partial charge is 0.176 e. The first-order chi connectivity index (χ1) is 11.6. The molecule has 0 aromatic heterocycles. The number of nitrogens with zero attached hydrogens (tertiary/aromatic N) is 2. The Bertz CT molecular complexity index is 818. The van der Waals surface area contributed by atoms with E-state index in [1.807, 2.05) is 24.3 Å². The number of fused-ring (bicyclic) bond motifs is 1. The molecule has 1 atom stereocenters. The van der Waals surface area contributed by atoms with Gasteiger partial charge in [0.25, 0.3) is 0 Å². The van der Waals surface area contributed by atoms with Crippen LogP contribution in [0.3, 0.4) is 0 Å². The fourth-order valence-electron chi connectivity index (χ4n) is 3.39. The number of aliphatic hydroxyl groups is 1. The van der Waals surface area contributed by atoms with E-state index in [9.17, 15) is 5.11 Å². The van der Waals surface area contributed by atoms with Crippen molar-refractivity contribution in [3.63, 3.8) is 0 Å². The molecule has 1 fully saturated rings. The van der Waals surface area contributed by atoms with Crippen molar-refractivity contribution in [3.8, 4) is 0 Å². The number of rotatable bonds is 2. The van der Waals surface area contributed by atoms with Crippen LogP contribution in [0.15, 0.2) is 47.5 Å². The maximum atomic E-state index is 11.5. The predicted octanol–water partition coefficient (Wildman–Crippen LogP) is 2.41. The van der Waals surface area contributed by atoms with Crippen molar-refractivity contribution >= 4 is 28.8 Å². The van der Waals surface area contributed by atoms with Crippen LogP contribution >= 0.6 is 11.6 Å². The Kier molecular flexibility index (Phi) is 3.72. The molecule has 24 heavy (non-hydrogen) atoms. The number of benzene rings is 2. The van der Waals surface area contributed by atoms with E-state index < -0.39 is 5.60 Å². The maximum absolute atomic E-state index is 11.5. The average Bonchev–Trinajstić information content (AvgIpc) is 2.87. The third-order valence-corrected chi connectivity index (χ3v) is 4.84. The Hall–Kier alpha value is -2.08. The highest BCUT2D eigenvalue weighted by Gasteiger charge is 2.44. The molecule has 5 nitrogen and oxygen atoms in total. The molecule has 2 heterocycles. The zero-order valence-corrected chi connectivity index (χ0v) is 13.8. The number of morpholine rings is 1. The molecule has 0 aliphatic carbocycles. The molecule has 6 heteroatoms. The Morgan fingerprint density at radius 2 is 1.88 bits per heavy atom. The highest BCUT2D eigenvalue weighted by atomic mass is 35.5. The summed E-state index contributed by atoms with van der Waals surface area (Å²) < 4.78 is 5.43. The highest BCUT2D eigenvalue weighted by Crippen LogP contribution is 2.45. The minimum absolute atomic E-state index is 0.167.